The van der Waals surface area contributed by atoms with E-state index in [4.69, 9.17) is 4.74 Å². The molecule has 1 N–H and O–H groups in total. The molecular formula is C21H29N3O3S. The molecular weight excluding hydrogens is 374 g/mol. The standard InChI is InChI=1S/C21H29N3O3S/c1-14-8-4-6-10-17(14)22-19(25)15(2)28-21-23-18-11-7-5-9-16(18)20(26)24(21)12-13-27-3/h5,7,9,11,14-15,17H,4,6,8,10,12-13H2,1-3H3,(H,22,25)/t14-,15-,17-/m0/s1. The van der Waals surface area contributed by atoms with Gasteiger partial charge in [0, 0.05) is 13.2 Å². The Morgan fingerprint density at radius 3 is 2.86 bits per heavy atom. The van der Waals surface area contributed by atoms with E-state index in [0.29, 0.717) is 35.1 Å². The predicted molar refractivity (Wildman–Crippen MR) is 113 cm³/mol. The number of methoxy groups -OCH3 is 1. The van der Waals surface area contributed by atoms with Crippen molar-refractivity contribution in [3.63, 3.8) is 0 Å². The Morgan fingerprint density at radius 1 is 1.36 bits per heavy atom. The van der Waals surface area contributed by atoms with Crippen molar-refractivity contribution >= 4 is 28.6 Å². The maximum atomic E-state index is 12.9. The number of ether oxygens (including phenoxy) is 1. The van der Waals surface area contributed by atoms with Gasteiger partial charge in [-0.1, -0.05) is 43.7 Å². The number of nitrogens with zero attached hydrogens (tertiary/aromatic N) is 2. The lowest BCUT2D eigenvalue weighted by Gasteiger charge is -2.30. The molecule has 0 spiro atoms. The molecule has 1 amide bonds. The zero-order valence-electron chi connectivity index (χ0n) is 16.8. The van der Waals surface area contributed by atoms with Gasteiger partial charge in [0.15, 0.2) is 5.16 Å². The van der Waals surface area contributed by atoms with Crippen LogP contribution in [0.25, 0.3) is 10.9 Å². The van der Waals surface area contributed by atoms with Crippen LogP contribution in [0.3, 0.4) is 0 Å². The van der Waals surface area contributed by atoms with Gasteiger partial charge in [-0.05, 0) is 37.8 Å². The van der Waals surface area contributed by atoms with Crippen molar-refractivity contribution in [2.24, 2.45) is 5.92 Å². The number of amides is 1. The van der Waals surface area contributed by atoms with Crippen LogP contribution in [0.2, 0.25) is 0 Å². The molecule has 1 aromatic carbocycles. The Labute approximate surface area is 170 Å². The Morgan fingerprint density at radius 2 is 2.11 bits per heavy atom. The molecule has 6 nitrogen and oxygen atoms in total. The molecule has 0 unspecified atom stereocenters. The Kier molecular flexibility index (Phi) is 7.13. The predicted octanol–water partition coefficient (Wildman–Crippen LogP) is 3.22. The van der Waals surface area contributed by atoms with E-state index >= 15 is 0 Å². The molecule has 0 radical (unpaired) electrons. The molecule has 3 rings (SSSR count). The van der Waals surface area contributed by atoms with Gasteiger partial charge in [0.25, 0.3) is 5.56 Å². The summed E-state index contributed by atoms with van der Waals surface area (Å²) in [5.41, 5.74) is 0.552. The van der Waals surface area contributed by atoms with Crippen molar-refractivity contribution in [1.82, 2.24) is 14.9 Å². The second-order valence-corrected chi connectivity index (χ2v) is 8.81. The van der Waals surface area contributed by atoms with E-state index in [1.54, 1.807) is 17.7 Å². The molecule has 0 bridgehead atoms. The average molecular weight is 404 g/mol. The summed E-state index contributed by atoms with van der Waals surface area (Å²) < 4.78 is 6.77. The van der Waals surface area contributed by atoms with Crippen LogP contribution in [-0.2, 0) is 16.1 Å². The highest BCUT2D eigenvalue weighted by molar-refractivity contribution is 8.00. The summed E-state index contributed by atoms with van der Waals surface area (Å²) >= 11 is 1.33. The molecule has 2 aromatic rings. The molecule has 0 saturated heterocycles. The first-order valence-electron chi connectivity index (χ1n) is 9.96. The number of hydrogen-bond acceptors (Lipinski definition) is 5. The smallest absolute Gasteiger partial charge is 0.262 e. The van der Waals surface area contributed by atoms with Crippen LogP contribution in [0, 0.1) is 5.92 Å². The van der Waals surface area contributed by atoms with Gasteiger partial charge in [-0.2, -0.15) is 0 Å². The van der Waals surface area contributed by atoms with Crippen LogP contribution in [-0.4, -0.2) is 40.5 Å². The van der Waals surface area contributed by atoms with E-state index in [-0.39, 0.29) is 22.8 Å². The number of hydrogen-bond donors (Lipinski definition) is 1. The van der Waals surface area contributed by atoms with Crippen LogP contribution in [0.4, 0.5) is 0 Å². The average Bonchev–Trinajstić information content (AvgIpc) is 2.69. The summed E-state index contributed by atoms with van der Waals surface area (Å²) in [4.78, 5) is 30.3. The lowest BCUT2D eigenvalue weighted by Crippen LogP contribution is -2.44. The number of fused-ring (bicyclic) bond motifs is 1. The zero-order valence-corrected chi connectivity index (χ0v) is 17.6. The first kappa shape index (κ1) is 20.9. The van der Waals surface area contributed by atoms with Gasteiger partial charge in [0.1, 0.15) is 0 Å². The number of benzene rings is 1. The Hall–Kier alpha value is -1.86. The summed E-state index contributed by atoms with van der Waals surface area (Å²) in [6.45, 7) is 4.89. The number of carbonyl (C=O) groups is 1. The molecule has 152 valence electrons. The van der Waals surface area contributed by atoms with E-state index in [1.165, 1.54) is 24.6 Å². The highest BCUT2D eigenvalue weighted by Crippen LogP contribution is 2.26. The number of nitrogens with one attached hydrogen (secondary N) is 1. The van der Waals surface area contributed by atoms with Gasteiger partial charge >= 0.3 is 0 Å². The fourth-order valence-electron chi connectivity index (χ4n) is 3.66. The van der Waals surface area contributed by atoms with Gasteiger partial charge in [0.2, 0.25) is 5.91 Å². The first-order chi connectivity index (χ1) is 13.5. The van der Waals surface area contributed by atoms with Gasteiger partial charge in [-0.15, -0.1) is 0 Å². The molecule has 3 atom stereocenters. The minimum absolute atomic E-state index is 0.00412. The molecule has 0 aliphatic heterocycles. The topological polar surface area (TPSA) is 73.2 Å². The molecule has 1 aliphatic carbocycles. The lowest BCUT2D eigenvalue weighted by molar-refractivity contribution is -0.121. The van der Waals surface area contributed by atoms with Gasteiger partial charge in [0.05, 0.1) is 29.3 Å². The quantitative estimate of drug-likeness (QED) is 0.568. The van der Waals surface area contributed by atoms with Crippen molar-refractivity contribution in [3.05, 3.63) is 34.6 Å². The molecule has 1 heterocycles. The Balaban J connectivity index is 1.81. The summed E-state index contributed by atoms with van der Waals surface area (Å²) in [5, 5.41) is 4.00. The highest BCUT2D eigenvalue weighted by Gasteiger charge is 2.26. The number of rotatable bonds is 7. The van der Waals surface area contributed by atoms with Crippen molar-refractivity contribution in [3.8, 4) is 0 Å². The molecule has 1 aromatic heterocycles. The van der Waals surface area contributed by atoms with Crippen molar-refractivity contribution in [2.45, 2.75) is 62.5 Å². The zero-order chi connectivity index (χ0) is 20.1. The second kappa shape index (κ2) is 9.56. The first-order valence-corrected chi connectivity index (χ1v) is 10.8. The van der Waals surface area contributed by atoms with Crippen LogP contribution < -0.4 is 10.9 Å². The summed E-state index contributed by atoms with van der Waals surface area (Å²) in [6.07, 6.45) is 4.61. The van der Waals surface area contributed by atoms with Gasteiger partial charge < -0.3 is 10.1 Å². The van der Waals surface area contributed by atoms with E-state index < -0.39 is 0 Å². The van der Waals surface area contributed by atoms with Crippen LogP contribution in [0.5, 0.6) is 0 Å². The summed E-state index contributed by atoms with van der Waals surface area (Å²) in [5.74, 6) is 0.512. The van der Waals surface area contributed by atoms with Gasteiger partial charge in [-0.3, -0.25) is 14.2 Å². The normalized spacial score (nSPS) is 20.8. The number of carbonyl (C=O) groups excluding carboxylic acids is 1. The fourth-order valence-corrected chi connectivity index (χ4v) is 4.60. The summed E-state index contributed by atoms with van der Waals surface area (Å²) in [6, 6.07) is 7.55. The number of para-hydroxylation sites is 1. The van der Waals surface area contributed by atoms with E-state index in [1.807, 2.05) is 25.1 Å². The van der Waals surface area contributed by atoms with Crippen molar-refractivity contribution in [2.75, 3.05) is 13.7 Å². The van der Waals surface area contributed by atoms with Crippen LogP contribution in [0.1, 0.15) is 39.5 Å². The number of aromatic nitrogens is 2. The second-order valence-electron chi connectivity index (χ2n) is 7.50. The van der Waals surface area contributed by atoms with E-state index in [9.17, 15) is 9.59 Å². The van der Waals surface area contributed by atoms with Gasteiger partial charge in [-0.25, -0.2) is 4.98 Å². The Bertz CT molecular complexity index is 883. The van der Waals surface area contributed by atoms with E-state index in [0.717, 1.165) is 12.8 Å². The lowest BCUT2D eigenvalue weighted by atomic mass is 9.86. The number of thioether (sulfide) groups is 1. The molecule has 1 fully saturated rings. The van der Waals surface area contributed by atoms with Crippen LogP contribution in [0.15, 0.2) is 34.2 Å². The molecule has 1 aliphatic rings. The maximum Gasteiger partial charge on any atom is 0.262 e. The largest absolute Gasteiger partial charge is 0.383 e. The van der Waals surface area contributed by atoms with Crippen molar-refractivity contribution < 1.29 is 9.53 Å². The minimum atomic E-state index is -0.337. The van der Waals surface area contributed by atoms with Crippen LogP contribution >= 0.6 is 11.8 Å². The third kappa shape index (κ3) is 4.75. The minimum Gasteiger partial charge on any atom is -0.383 e. The molecule has 1 saturated carbocycles. The monoisotopic (exact) mass is 403 g/mol. The molecule has 28 heavy (non-hydrogen) atoms. The third-order valence-electron chi connectivity index (χ3n) is 5.44. The summed E-state index contributed by atoms with van der Waals surface area (Å²) in [7, 11) is 1.60. The van der Waals surface area contributed by atoms with Crippen molar-refractivity contribution in [1.29, 1.82) is 0 Å². The highest BCUT2D eigenvalue weighted by atomic mass is 32.2. The fraction of sp³-hybridized carbons (Fsp3) is 0.571. The maximum absolute atomic E-state index is 12.9. The third-order valence-corrected chi connectivity index (χ3v) is 6.53. The van der Waals surface area contributed by atoms with E-state index in [2.05, 4.69) is 17.2 Å². The molecule has 7 heteroatoms. The SMILES string of the molecule is COCCn1c(S[C@@H](C)C(=O)N[C@H]2CCCC[C@@H]2C)nc2ccccc2c1=O.